The lowest BCUT2D eigenvalue weighted by Crippen LogP contribution is -2.36. The van der Waals surface area contributed by atoms with Gasteiger partial charge >= 0.3 is 0 Å². The Kier molecular flexibility index (Phi) is 20.0. The van der Waals surface area contributed by atoms with E-state index in [1.54, 1.807) is 0 Å². The summed E-state index contributed by atoms with van der Waals surface area (Å²) >= 11 is 0. The van der Waals surface area contributed by atoms with Gasteiger partial charge in [-0.15, -0.1) is 0 Å². The molecule has 0 saturated carbocycles. The Labute approximate surface area is 226 Å². The largest absolute Gasteiger partial charge is 0.361 e. The maximum Gasteiger partial charge on any atom is 0.235 e. The van der Waals surface area contributed by atoms with Gasteiger partial charge in [-0.2, -0.15) is 15.0 Å². The maximum absolute atomic E-state index is 5.95. The first-order valence-corrected chi connectivity index (χ1v) is 14.5. The third-order valence-electron chi connectivity index (χ3n) is 5.77. The van der Waals surface area contributed by atoms with Gasteiger partial charge in [-0.3, -0.25) is 9.80 Å². The van der Waals surface area contributed by atoms with Crippen LogP contribution in [0.3, 0.4) is 0 Å². The van der Waals surface area contributed by atoms with Gasteiger partial charge in [0.2, 0.25) is 17.8 Å². The van der Waals surface area contributed by atoms with Crippen LogP contribution in [0.2, 0.25) is 0 Å². The van der Waals surface area contributed by atoms with Crippen molar-refractivity contribution in [2.24, 2.45) is 0 Å². The molecule has 0 aromatic carbocycles. The molecule has 0 aliphatic rings. The summed E-state index contributed by atoms with van der Waals surface area (Å²) in [6.07, 6.45) is 8.37. The molecular formula is C27H54N6O4. The highest BCUT2D eigenvalue weighted by atomic mass is 16.5. The van der Waals surface area contributed by atoms with Gasteiger partial charge in [0, 0.05) is 39.5 Å². The van der Waals surface area contributed by atoms with E-state index in [4.69, 9.17) is 33.9 Å². The van der Waals surface area contributed by atoms with E-state index < -0.39 is 0 Å². The van der Waals surface area contributed by atoms with E-state index in [1.807, 2.05) is 9.80 Å². The van der Waals surface area contributed by atoms with Gasteiger partial charge in [-0.1, -0.05) is 53.4 Å². The van der Waals surface area contributed by atoms with Gasteiger partial charge < -0.3 is 23.8 Å². The number of hydrogen-bond acceptors (Lipinski definition) is 10. The van der Waals surface area contributed by atoms with Crippen LogP contribution in [0.1, 0.15) is 92.9 Å². The number of nitrogens with zero attached hydrogens (tertiary/aromatic N) is 6. The van der Waals surface area contributed by atoms with Crippen molar-refractivity contribution < 1.29 is 18.9 Å². The number of aromatic nitrogens is 3. The van der Waals surface area contributed by atoms with Crippen molar-refractivity contribution in [3.8, 4) is 0 Å². The highest BCUT2D eigenvalue weighted by molar-refractivity contribution is 5.46. The lowest BCUT2D eigenvalue weighted by molar-refractivity contribution is 0.0795. The van der Waals surface area contributed by atoms with Crippen LogP contribution in [0.15, 0.2) is 0 Å². The third-order valence-corrected chi connectivity index (χ3v) is 5.77. The first-order chi connectivity index (χ1) is 18.1. The summed E-state index contributed by atoms with van der Waals surface area (Å²) < 4.78 is 23.8. The van der Waals surface area contributed by atoms with E-state index in [0.717, 1.165) is 64.5 Å². The summed E-state index contributed by atoms with van der Waals surface area (Å²) in [6.45, 7) is 18.6. The van der Waals surface area contributed by atoms with Crippen LogP contribution in [0, 0.1) is 0 Å². The summed E-state index contributed by atoms with van der Waals surface area (Å²) in [7, 11) is 0. The fraction of sp³-hybridized carbons (Fsp3) is 0.889. The van der Waals surface area contributed by atoms with Crippen molar-refractivity contribution in [1.82, 2.24) is 15.0 Å². The molecule has 1 aromatic heterocycles. The van der Waals surface area contributed by atoms with Crippen molar-refractivity contribution >= 4 is 17.8 Å². The molecule has 1 aromatic rings. The molecule has 0 unspecified atom stereocenters. The van der Waals surface area contributed by atoms with Gasteiger partial charge in [-0.05, 0) is 39.5 Å². The average molecular weight is 527 g/mol. The predicted molar refractivity (Wildman–Crippen MR) is 151 cm³/mol. The zero-order valence-corrected chi connectivity index (χ0v) is 24.5. The molecule has 1 rings (SSSR count). The van der Waals surface area contributed by atoms with Crippen LogP contribution >= 0.6 is 0 Å². The van der Waals surface area contributed by atoms with Crippen LogP contribution in [-0.2, 0) is 18.9 Å². The SMILES string of the molecule is CCCCOCN(COCCCC)c1nc(N(CC)CC)nc(N(COCCCC)COCCCC)n1. The van der Waals surface area contributed by atoms with Gasteiger partial charge in [-0.25, -0.2) is 0 Å². The predicted octanol–water partition coefficient (Wildman–Crippen LogP) is 5.43. The monoisotopic (exact) mass is 526 g/mol. The molecule has 1 heterocycles. The first-order valence-electron chi connectivity index (χ1n) is 14.5. The number of unbranched alkanes of at least 4 members (excludes halogenated alkanes) is 4. The fourth-order valence-electron chi connectivity index (χ4n) is 3.26. The van der Waals surface area contributed by atoms with E-state index in [9.17, 15) is 0 Å². The van der Waals surface area contributed by atoms with E-state index in [2.05, 4.69) is 46.4 Å². The molecule has 0 saturated heterocycles. The van der Waals surface area contributed by atoms with Crippen molar-refractivity contribution in [2.45, 2.75) is 92.9 Å². The smallest absolute Gasteiger partial charge is 0.235 e. The molecule has 0 atom stereocenters. The lowest BCUT2D eigenvalue weighted by Gasteiger charge is -2.28. The minimum absolute atomic E-state index is 0.354. The van der Waals surface area contributed by atoms with Crippen molar-refractivity contribution in [2.75, 3.05) is 81.1 Å². The van der Waals surface area contributed by atoms with Crippen LogP contribution in [0.4, 0.5) is 17.8 Å². The molecule has 0 bridgehead atoms. The minimum Gasteiger partial charge on any atom is -0.361 e. The summed E-state index contributed by atoms with van der Waals surface area (Å²) in [6, 6.07) is 0. The lowest BCUT2D eigenvalue weighted by atomic mass is 10.4. The van der Waals surface area contributed by atoms with E-state index in [0.29, 0.717) is 71.2 Å². The van der Waals surface area contributed by atoms with Crippen LogP contribution in [0.25, 0.3) is 0 Å². The van der Waals surface area contributed by atoms with Gasteiger partial charge in [0.1, 0.15) is 26.9 Å². The number of anilines is 3. The zero-order valence-electron chi connectivity index (χ0n) is 24.5. The molecular weight excluding hydrogens is 472 g/mol. The first kappa shape index (κ1) is 33.3. The zero-order chi connectivity index (χ0) is 27.1. The summed E-state index contributed by atoms with van der Waals surface area (Å²) in [5.74, 6) is 1.70. The number of hydrogen-bond donors (Lipinski definition) is 0. The van der Waals surface area contributed by atoms with Crippen LogP contribution < -0.4 is 14.7 Å². The molecule has 0 aliphatic carbocycles. The van der Waals surface area contributed by atoms with E-state index >= 15 is 0 Å². The molecule has 0 aliphatic heterocycles. The van der Waals surface area contributed by atoms with Crippen molar-refractivity contribution in [1.29, 1.82) is 0 Å². The molecule has 216 valence electrons. The quantitative estimate of drug-likeness (QED) is 0.121. The third kappa shape index (κ3) is 14.1. The summed E-state index contributed by atoms with van der Waals surface area (Å²) in [5, 5.41) is 0. The van der Waals surface area contributed by atoms with Gasteiger partial charge in [0.25, 0.3) is 0 Å². The standard InChI is InChI=1S/C27H54N6O4/c1-7-13-17-34-21-32(22-35-18-14-8-2)26-28-25(31(11-5)12-6)29-27(30-26)33(23-36-19-15-9-3)24-37-20-16-10-4/h7-24H2,1-6H3. The van der Waals surface area contributed by atoms with Crippen molar-refractivity contribution in [3.63, 3.8) is 0 Å². The van der Waals surface area contributed by atoms with Crippen LogP contribution in [0.5, 0.6) is 0 Å². The second kappa shape index (κ2) is 22.3. The summed E-state index contributed by atoms with van der Waals surface area (Å²) in [4.78, 5) is 20.5. The van der Waals surface area contributed by atoms with Crippen LogP contribution in [-0.4, -0.2) is 81.4 Å². The normalized spacial score (nSPS) is 11.2. The molecule has 0 fully saturated rings. The molecule has 0 radical (unpaired) electrons. The maximum atomic E-state index is 5.95. The number of ether oxygens (including phenoxy) is 4. The van der Waals surface area contributed by atoms with Gasteiger partial charge in [0.15, 0.2) is 0 Å². The molecule has 37 heavy (non-hydrogen) atoms. The Morgan fingerprint density at radius 2 is 0.703 bits per heavy atom. The van der Waals surface area contributed by atoms with Gasteiger partial charge in [0.05, 0.1) is 0 Å². The second-order valence-corrected chi connectivity index (χ2v) is 9.05. The fourth-order valence-corrected chi connectivity index (χ4v) is 3.26. The topological polar surface area (TPSA) is 85.3 Å². The van der Waals surface area contributed by atoms with E-state index in [-0.39, 0.29) is 0 Å². The molecule has 0 spiro atoms. The Hall–Kier alpha value is -1.75. The van der Waals surface area contributed by atoms with E-state index in [1.165, 1.54) is 0 Å². The molecule has 0 N–H and O–H groups in total. The molecule has 10 nitrogen and oxygen atoms in total. The molecule has 0 amide bonds. The highest BCUT2D eigenvalue weighted by Gasteiger charge is 2.20. The molecule has 10 heteroatoms. The summed E-state index contributed by atoms with van der Waals surface area (Å²) in [5.41, 5.74) is 0. The second-order valence-electron chi connectivity index (χ2n) is 9.05. The Morgan fingerprint density at radius 1 is 0.432 bits per heavy atom. The Morgan fingerprint density at radius 3 is 0.946 bits per heavy atom. The number of rotatable bonds is 25. The highest BCUT2D eigenvalue weighted by Crippen LogP contribution is 2.20. The minimum atomic E-state index is 0.354. The van der Waals surface area contributed by atoms with Crippen molar-refractivity contribution in [3.05, 3.63) is 0 Å². The average Bonchev–Trinajstić information content (AvgIpc) is 2.92. The Balaban J connectivity index is 3.27. The Bertz CT molecular complexity index is 596.